The van der Waals surface area contributed by atoms with Crippen LogP contribution in [0.5, 0.6) is 11.5 Å². The van der Waals surface area contributed by atoms with Crippen molar-refractivity contribution < 1.29 is 9.84 Å². The molecule has 31 heavy (non-hydrogen) atoms. The number of halogens is 1. The predicted molar refractivity (Wildman–Crippen MR) is 131 cm³/mol. The topological polar surface area (TPSA) is 42.4 Å². The Balaban J connectivity index is 1.84. The summed E-state index contributed by atoms with van der Waals surface area (Å²) in [5, 5.41) is 13.8. The van der Waals surface area contributed by atoms with Crippen molar-refractivity contribution in [3.05, 3.63) is 89.4 Å². The molecule has 1 aromatic heterocycles. The Morgan fingerprint density at radius 1 is 0.871 bits per heavy atom. The highest BCUT2D eigenvalue weighted by Gasteiger charge is 2.15. The molecule has 0 saturated heterocycles. The number of nitrogens with zero attached hydrogens (tertiary/aromatic N) is 1. The van der Waals surface area contributed by atoms with Gasteiger partial charge in [-0.25, -0.2) is 4.98 Å². The number of phenolic OH excluding ortho intramolecular Hbond substituents is 1. The first-order valence-corrected chi connectivity index (χ1v) is 11.0. The van der Waals surface area contributed by atoms with E-state index in [0.717, 1.165) is 33.3 Å². The van der Waals surface area contributed by atoms with Gasteiger partial charge in [0.05, 0.1) is 22.3 Å². The highest BCUT2D eigenvalue weighted by Crippen LogP contribution is 2.41. The fourth-order valence-electron chi connectivity index (χ4n) is 3.99. The van der Waals surface area contributed by atoms with E-state index in [1.54, 1.807) is 0 Å². The van der Waals surface area contributed by atoms with Crippen molar-refractivity contribution in [2.24, 2.45) is 0 Å². The summed E-state index contributed by atoms with van der Waals surface area (Å²) in [6.45, 7) is 2.36. The quantitative estimate of drug-likeness (QED) is 0.275. The maximum absolute atomic E-state index is 10.3. The predicted octanol–water partition coefficient (Wildman–Crippen LogP) is 7.59. The lowest BCUT2D eigenvalue weighted by Crippen LogP contribution is -1.95. The lowest BCUT2D eigenvalue weighted by Gasteiger charge is -2.14. The first kappa shape index (κ1) is 19.6. The molecule has 1 heterocycles. The van der Waals surface area contributed by atoms with Crippen molar-refractivity contribution in [2.45, 2.75) is 6.92 Å². The van der Waals surface area contributed by atoms with Crippen LogP contribution in [0.1, 0.15) is 6.92 Å². The van der Waals surface area contributed by atoms with Gasteiger partial charge in [0.15, 0.2) is 11.5 Å². The number of fused-ring (bicyclic) bond motifs is 3. The normalized spacial score (nSPS) is 11.2. The second-order valence-corrected chi connectivity index (χ2v) is 8.19. The van der Waals surface area contributed by atoms with Crippen molar-refractivity contribution in [3.8, 4) is 33.9 Å². The Morgan fingerprint density at radius 2 is 1.65 bits per heavy atom. The van der Waals surface area contributed by atoms with Crippen LogP contribution in [0.2, 0.25) is 0 Å². The minimum absolute atomic E-state index is 0.0978. The van der Waals surface area contributed by atoms with E-state index in [0.29, 0.717) is 16.8 Å². The third-order valence-electron chi connectivity index (χ3n) is 5.41. The molecule has 0 unspecified atom stereocenters. The second-order valence-electron chi connectivity index (χ2n) is 7.34. The zero-order valence-electron chi connectivity index (χ0n) is 17.0. The number of aromatic hydroxyl groups is 1. The highest BCUT2D eigenvalue weighted by atomic mass is 79.9. The summed E-state index contributed by atoms with van der Waals surface area (Å²) in [6, 6.07) is 28.8. The van der Waals surface area contributed by atoms with E-state index in [4.69, 9.17) is 9.72 Å². The summed E-state index contributed by atoms with van der Waals surface area (Å²) in [6.07, 6.45) is 0. The second kappa shape index (κ2) is 8.05. The monoisotopic (exact) mass is 469 g/mol. The van der Waals surface area contributed by atoms with Crippen LogP contribution in [0.25, 0.3) is 44.1 Å². The van der Waals surface area contributed by atoms with E-state index in [1.807, 2.05) is 25.1 Å². The van der Waals surface area contributed by atoms with Gasteiger partial charge in [-0.1, -0.05) is 60.7 Å². The molecular weight excluding hydrogens is 450 g/mol. The summed E-state index contributed by atoms with van der Waals surface area (Å²) in [5.41, 5.74) is 4.88. The molecule has 152 valence electrons. The zero-order valence-corrected chi connectivity index (χ0v) is 18.6. The van der Waals surface area contributed by atoms with Gasteiger partial charge >= 0.3 is 0 Å². The van der Waals surface area contributed by atoms with Gasteiger partial charge in [0.25, 0.3) is 0 Å². The number of rotatable bonds is 4. The van der Waals surface area contributed by atoms with Crippen molar-refractivity contribution in [3.63, 3.8) is 0 Å². The molecule has 5 aromatic rings. The van der Waals surface area contributed by atoms with Gasteiger partial charge < -0.3 is 9.84 Å². The van der Waals surface area contributed by atoms with Gasteiger partial charge in [0, 0.05) is 10.9 Å². The van der Waals surface area contributed by atoms with Crippen LogP contribution in [0.15, 0.2) is 89.4 Å². The number of hydrogen-bond acceptors (Lipinski definition) is 3. The summed E-state index contributed by atoms with van der Waals surface area (Å²) in [5.74, 6) is 0.536. The van der Waals surface area contributed by atoms with E-state index < -0.39 is 0 Å². The molecule has 1 N–H and O–H groups in total. The van der Waals surface area contributed by atoms with Gasteiger partial charge in [-0.05, 0) is 69.0 Å². The molecule has 0 fully saturated rings. The van der Waals surface area contributed by atoms with Crippen LogP contribution in [0.3, 0.4) is 0 Å². The fourth-order valence-corrected chi connectivity index (χ4v) is 4.43. The Morgan fingerprint density at radius 3 is 2.45 bits per heavy atom. The smallest absolute Gasteiger partial charge is 0.172 e. The molecule has 3 nitrogen and oxygen atoms in total. The van der Waals surface area contributed by atoms with Gasteiger partial charge in [-0.15, -0.1) is 0 Å². The summed E-state index contributed by atoms with van der Waals surface area (Å²) in [4.78, 5) is 5.00. The molecule has 4 heteroatoms. The Labute approximate surface area is 189 Å². The average Bonchev–Trinajstić information content (AvgIpc) is 2.81. The van der Waals surface area contributed by atoms with Crippen molar-refractivity contribution in [1.29, 1.82) is 0 Å². The molecule has 0 amide bonds. The molecule has 0 spiro atoms. The highest BCUT2D eigenvalue weighted by molar-refractivity contribution is 9.10. The largest absolute Gasteiger partial charge is 0.503 e. The van der Waals surface area contributed by atoms with E-state index in [-0.39, 0.29) is 5.75 Å². The lowest BCUT2D eigenvalue weighted by atomic mass is 9.94. The third kappa shape index (κ3) is 3.53. The number of hydrogen-bond donors (Lipinski definition) is 1. The molecule has 0 radical (unpaired) electrons. The Kier molecular flexibility index (Phi) is 5.08. The standard InChI is InChI=1S/C27H20BrNO2/c1-2-31-25-15-19(14-22(28)27(25)30)24-16-21(17-8-4-3-5-9-17)26-20-11-7-6-10-18(20)12-13-23(26)29-24/h3-16,30H,2H2,1H3. The first-order chi connectivity index (χ1) is 15.2. The molecular formula is C27H20BrNO2. The molecule has 0 bridgehead atoms. The Hall–Kier alpha value is -3.37. The lowest BCUT2D eigenvalue weighted by molar-refractivity contribution is 0.317. The fraction of sp³-hybridized carbons (Fsp3) is 0.0741. The van der Waals surface area contributed by atoms with Crippen LogP contribution in [0.4, 0.5) is 0 Å². The van der Waals surface area contributed by atoms with Crippen LogP contribution in [-0.4, -0.2) is 16.7 Å². The minimum atomic E-state index is 0.0978. The van der Waals surface area contributed by atoms with Crippen molar-refractivity contribution in [1.82, 2.24) is 4.98 Å². The minimum Gasteiger partial charge on any atom is -0.503 e. The summed E-state index contributed by atoms with van der Waals surface area (Å²) in [7, 11) is 0. The van der Waals surface area contributed by atoms with Crippen molar-refractivity contribution in [2.75, 3.05) is 6.61 Å². The molecule has 0 aliphatic carbocycles. The average molecular weight is 470 g/mol. The maximum Gasteiger partial charge on any atom is 0.172 e. The molecule has 0 saturated carbocycles. The number of ether oxygens (including phenoxy) is 1. The number of benzene rings is 4. The van der Waals surface area contributed by atoms with E-state index >= 15 is 0 Å². The van der Waals surface area contributed by atoms with Gasteiger partial charge in [-0.3, -0.25) is 0 Å². The van der Waals surface area contributed by atoms with Crippen molar-refractivity contribution >= 4 is 37.6 Å². The van der Waals surface area contributed by atoms with Gasteiger partial charge in [0.2, 0.25) is 0 Å². The maximum atomic E-state index is 10.3. The molecule has 0 aliphatic heterocycles. The number of phenols is 1. The summed E-state index contributed by atoms with van der Waals surface area (Å²) >= 11 is 3.45. The first-order valence-electron chi connectivity index (χ1n) is 10.2. The number of pyridine rings is 1. The SMILES string of the molecule is CCOc1cc(-c2cc(-c3ccccc3)c3c(ccc4ccccc43)n2)cc(Br)c1O. The van der Waals surface area contributed by atoms with Crippen LogP contribution >= 0.6 is 15.9 Å². The van der Waals surface area contributed by atoms with Gasteiger partial charge in [0.1, 0.15) is 0 Å². The van der Waals surface area contributed by atoms with E-state index in [2.05, 4.69) is 82.7 Å². The molecule has 4 aromatic carbocycles. The van der Waals surface area contributed by atoms with Crippen LogP contribution < -0.4 is 4.74 Å². The van der Waals surface area contributed by atoms with E-state index in [1.165, 1.54) is 10.8 Å². The number of aromatic nitrogens is 1. The molecule has 5 rings (SSSR count). The molecule has 0 aliphatic rings. The Bertz CT molecular complexity index is 1410. The van der Waals surface area contributed by atoms with Gasteiger partial charge in [-0.2, -0.15) is 0 Å². The molecule has 0 atom stereocenters. The van der Waals surface area contributed by atoms with Crippen LogP contribution in [-0.2, 0) is 0 Å². The third-order valence-corrected chi connectivity index (χ3v) is 6.01. The van der Waals surface area contributed by atoms with Crippen LogP contribution in [0, 0.1) is 0 Å². The zero-order chi connectivity index (χ0) is 21.4. The summed E-state index contributed by atoms with van der Waals surface area (Å²) < 4.78 is 6.21. The van der Waals surface area contributed by atoms with E-state index in [9.17, 15) is 5.11 Å².